The summed E-state index contributed by atoms with van der Waals surface area (Å²) >= 11 is 0. The molecule has 1 rings (SSSR count). The highest BCUT2D eigenvalue weighted by Crippen LogP contribution is 2.15. The van der Waals surface area contributed by atoms with Crippen LogP contribution in [-0.4, -0.2) is 87.8 Å². The van der Waals surface area contributed by atoms with Gasteiger partial charge in [0.25, 0.3) is 0 Å². The predicted octanol–water partition coefficient (Wildman–Crippen LogP) is 2.98. The minimum Gasteiger partial charge on any atom is -0.367 e. The zero-order valence-electron chi connectivity index (χ0n) is 15.3. The molecule has 0 aromatic heterocycles. The summed E-state index contributed by atoms with van der Waals surface area (Å²) < 4.78 is 14.3. The van der Waals surface area contributed by atoms with E-state index in [4.69, 9.17) is 9.47 Å². The third-order valence-corrected chi connectivity index (χ3v) is 5.38. The molecule has 0 amide bonds. The summed E-state index contributed by atoms with van der Waals surface area (Å²) in [4.78, 5) is 0. The zero-order chi connectivity index (χ0) is 15.2. The number of rotatable bonds is 8. The summed E-state index contributed by atoms with van der Waals surface area (Å²) in [7, 11) is 4.61. The standard InChI is InChI=1S/C16H36N2O2.2HI/c1-7-17(5,8-2)11-15-13-20-16(14-19-15)12-18(6,9-3)10-4;;/h15-16H,7-14H2,1-6H3;2*1H/q+2;;. The van der Waals surface area contributed by atoms with E-state index in [0.29, 0.717) is 0 Å². The molecule has 0 radical (unpaired) electrons. The van der Waals surface area contributed by atoms with Crippen LogP contribution in [0, 0.1) is 0 Å². The van der Waals surface area contributed by atoms with E-state index in [9.17, 15) is 0 Å². The summed E-state index contributed by atoms with van der Waals surface area (Å²) in [5.41, 5.74) is 0. The first kappa shape index (κ1) is 25.5. The molecule has 1 aliphatic rings. The normalized spacial score (nSPS) is 22.6. The number of quaternary nitrogens is 2. The van der Waals surface area contributed by atoms with Crippen LogP contribution >= 0.6 is 48.0 Å². The van der Waals surface area contributed by atoms with E-state index in [1.165, 1.54) is 0 Å². The molecule has 0 aromatic rings. The smallest absolute Gasteiger partial charge is 0.130 e. The Bertz CT molecular complexity index is 249. The van der Waals surface area contributed by atoms with Gasteiger partial charge < -0.3 is 18.4 Å². The molecule has 2 unspecified atom stereocenters. The Hall–Kier alpha value is 1.30. The second kappa shape index (κ2) is 11.8. The van der Waals surface area contributed by atoms with Gasteiger partial charge in [-0.15, -0.1) is 48.0 Å². The van der Waals surface area contributed by atoms with Gasteiger partial charge in [0.05, 0.1) is 53.5 Å². The Morgan fingerprint density at radius 3 is 1.14 bits per heavy atom. The van der Waals surface area contributed by atoms with Gasteiger partial charge in [0.2, 0.25) is 0 Å². The highest BCUT2D eigenvalue weighted by atomic mass is 127. The summed E-state index contributed by atoms with van der Waals surface area (Å²) in [5, 5.41) is 0. The molecule has 0 aromatic carbocycles. The van der Waals surface area contributed by atoms with Crippen molar-refractivity contribution in [3.05, 3.63) is 0 Å². The maximum atomic E-state index is 6.07. The average molecular weight is 544 g/mol. The molecule has 22 heavy (non-hydrogen) atoms. The lowest BCUT2D eigenvalue weighted by molar-refractivity contribution is -0.912. The van der Waals surface area contributed by atoms with E-state index in [1.807, 2.05) is 0 Å². The maximum Gasteiger partial charge on any atom is 0.130 e. The van der Waals surface area contributed by atoms with E-state index < -0.39 is 0 Å². The Morgan fingerprint density at radius 1 is 0.682 bits per heavy atom. The first-order valence-electron chi connectivity index (χ1n) is 8.30. The van der Waals surface area contributed by atoms with Gasteiger partial charge in [0.15, 0.2) is 0 Å². The van der Waals surface area contributed by atoms with E-state index in [0.717, 1.165) is 61.4 Å². The van der Waals surface area contributed by atoms with E-state index in [-0.39, 0.29) is 60.2 Å². The molecule has 0 aliphatic carbocycles. The Morgan fingerprint density at radius 2 is 0.955 bits per heavy atom. The van der Waals surface area contributed by atoms with Crippen LogP contribution in [-0.2, 0) is 9.47 Å². The largest absolute Gasteiger partial charge is 0.367 e. The lowest BCUT2D eigenvalue weighted by Crippen LogP contribution is -2.55. The van der Waals surface area contributed by atoms with Crippen LogP contribution in [0.4, 0.5) is 0 Å². The van der Waals surface area contributed by atoms with Gasteiger partial charge in [-0.3, -0.25) is 0 Å². The van der Waals surface area contributed by atoms with Gasteiger partial charge in [0.1, 0.15) is 25.3 Å². The summed E-state index contributed by atoms with van der Waals surface area (Å²) in [6, 6.07) is 0. The van der Waals surface area contributed by atoms with Gasteiger partial charge in [-0.2, -0.15) is 0 Å². The third kappa shape index (κ3) is 7.92. The lowest BCUT2D eigenvalue weighted by Gasteiger charge is -2.40. The number of likely N-dealkylation sites (N-methyl/N-ethyl adjacent to an activating group) is 2. The van der Waals surface area contributed by atoms with Crippen molar-refractivity contribution in [2.75, 3.05) is 66.6 Å². The quantitative estimate of drug-likeness (QED) is 0.346. The molecule has 1 saturated heterocycles. The van der Waals surface area contributed by atoms with Gasteiger partial charge in [-0.1, -0.05) is 0 Å². The van der Waals surface area contributed by atoms with Crippen molar-refractivity contribution >= 4 is 48.0 Å². The number of halogens is 2. The van der Waals surface area contributed by atoms with Crippen LogP contribution in [0.2, 0.25) is 0 Å². The molecular formula is C16H38I2N2O2+2. The van der Waals surface area contributed by atoms with Crippen molar-refractivity contribution in [3.8, 4) is 0 Å². The molecule has 6 heteroatoms. The topological polar surface area (TPSA) is 18.5 Å². The summed E-state index contributed by atoms with van der Waals surface area (Å²) in [5.74, 6) is 0. The number of nitrogens with zero attached hydrogens (tertiary/aromatic N) is 2. The van der Waals surface area contributed by atoms with Crippen LogP contribution in [0.25, 0.3) is 0 Å². The third-order valence-electron chi connectivity index (χ3n) is 5.38. The van der Waals surface area contributed by atoms with Crippen LogP contribution in [0.1, 0.15) is 27.7 Å². The van der Waals surface area contributed by atoms with E-state index >= 15 is 0 Å². The fourth-order valence-corrected chi connectivity index (χ4v) is 2.74. The average Bonchev–Trinajstić information content (AvgIpc) is 2.49. The van der Waals surface area contributed by atoms with Crippen LogP contribution in [0.15, 0.2) is 0 Å². The van der Waals surface area contributed by atoms with E-state index in [1.54, 1.807) is 0 Å². The molecule has 1 fully saturated rings. The molecule has 0 bridgehead atoms. The number of ether oxygens (including phenoxy) is 2. The molecule has 136 valence electrons. The SMILES string of the molecule is CC[N+](C)(CC)CC1COC(C[N+](C)(CC)CC)CO1.I.I. The van der Waals surface area contributed by atoms with Crippen LogP contribution in [0.3, 0.4) is 0 Å². The Labute approximate surface area is 172 Å². The van der Waals surface area contributed by atoms with Crippen molar-refractivity contribution in [1.82, 2.24) is 0 Å². The highest BCUT2D eigenvalue weighted by molar-refractivity contribution is 14.0. The second-order valence-corrected chi connectivity index (χ2v) is 6.78. The Kier molecular flexibility index (Phi) is 13.7. The minimum absolute atomic E-state index is 0. The molecule has 0 N–H and O–H groups in total. The maximum absolute atomic E-state index is 6.07. The van der Waals surface area contributed by atoms with Crippen LogP contribution in [0.5, 0.6) is 0 Å². The second-order valence-electron chi connectivity index (χ2n) is 6.78. The summed E-state index contributed by atoms with van der Waals surface area (Å²) in [6.45, 7) is 17.3. The van der Waals surface area contributed by atoms with E-state index in [2.05, 4.69) is 41.8 Å². The molecular weight excluding hydrogens is 506 g/mol. The zero-order valence-corrected chi connectivity index (χ0v) is 20.0. The predicted molar refractivity (Wildman–Crippen MR) is 115 cm³/mol. The minimum atomic E-state index is 0. The Balaban J connectivity index is 0. The molecule has 1 aliphatic heterocycles. The first-order chi connectivity index (χ1) is 9.40. The molecule has 4 nitrogen and oxygen atoms in total. The van der Waals surface area contributed by atoms with Gasteiger partial charge in [-0.25, -0.2) is 0 Å². The lowest BCUT2D eigenvalue weighted by atomic mass is 10.2. The van der Waals surface area contributed by atoms with Crippen molar-refractivity contribution in [3.63, 3.8) is 0 Å². The molecule has 2 atom stereocenters. The molecule has 0 spiro atoms. The molecule has 1 heterocycles. The fourth-order valence-electron chi connectivity index (χ4n) is 2.74. The van der Waals surface area contributed by atoms with Gasteiger partial charge in [-0.05, 0) is 27.7 Å². The monoisotopic (exact) mass is 544 g/mol. The van der Waals surface area contributed by atoms with Crippen molar-refractivity contribution in [1.29, 1.82) is 0 Å². The van der Waals surface area contributed by atoms with Crippen molar-refractivity contribution in [2.45, 2.75) is 39.9 Å². The van der Waals surface area contributed by atoms with Crippen molar-refractivity contribution < 1.29 is 18.4 Å². The number of hydrogen-bond donors (Lipinski definition) is 0. The van der Waals surface area contributed by atoms with Gasteiger partial charge in [0, 0.05) is 0 Å². The van der Waals surface area contributed by atoms with Crippen LogP contribution < -0.4 is 0 Å². The number of hydrogen-bond acceptors (Lipinski definition) is 2. The first-order valence-corrected chi connectivity index (χ1v) is 8.30. The molecule has 0 saturated carbocycles. The van der Waals surface area contributed by atoms with Crippen molar-refractivity contribution in [2.24, 2.45) is 0 Å². The highest BCUT2D eigenvalue weighted by Gasteiger charge is 2.32. The fraction of sp³-hybridized carbons (Fsp3) is 1.00. The van der Waals surface area contributed by atoms with Gasteiger partial charge >= 0.3 is 0 Å². The summed E-state index contributed by atoms with van der Waals surface area (Å²) in [6.07, 6.45) is 0.524.